The normalized spacial score (nSPS) is 12.4. The first-order valence-electron chi connectivity index (χ1n) is 7.20. The smallest absolute Gasteiger partial charge is 0.122 e. The third kappa shape index (κ3) is 5.62. The van der Waals surface area contributed by atoms with Gasteiger partial charge in [-0.3, -0.25) is 0 Å². The monoisotopic (exact) mass is 265 g/mol. The molecule has 0 bridgehead atoms. The number of hydrogen-bond acceptors (Lipinski definition) is 3. The van der Waals surface area contributed by atoms with Gasteiger partial charge in [-0.1, -0.05) is 18.6 Å². The van der Waals surface area contributed by atoms with E-state index in [4.69, 9.17) is 9.84 Å². The average molecular weight is 265 g/mol. The Morgan fingerprint density at radius 2 is 1.95 bits per heavy atom. The third-order valence-electron chi connectivity index (χ3n) is 3.44. The zero-order valence-electron chi connectivity index (χ0n) is 12.4. The molecule has 108 valence electrons. The highest BCUT2D eigenvalue weighted by Crippen LogP contribution is 2.22. The van der Waals surface area contributed by atoms with Crippen molar-refractivity contribution in [1.29, 1.82) is 0 Å². The minimum Gasteiger partial charge on any atom is -0.493 e. The summed E-state index contributed by atoms with van der Waals surface area (Å²) in [7, 11) is 1.97. The summed E-state index contributed by atoms with van der Waals surface area (Å²) < 4.78 is 5.80. The highest BCUT2D eigenvalue weighted by atomic mass is 16.5. The second kappa shape index (κ2) is 8.94. The van der Waals surface area contributed by atoms with Crippen LogP contribution < -0.4 is 10.1 Å². The molecule has 0 aliphatic rings. The minimum absolute atomic E-state index is 0.297. The average Bonchev–Trinajstić information content (AvgIpc) is 2.43. The van der Waals surface area contributed by atoms with E-state index in [1.54, 1.807) is 0 Å². The van der Waals surface area contributed by atoms with Crippen LogP contribution in [0.4, 0.5) is 0 Å². The van der Waals surface area contributed by atoms with Gasteiger partial charge in [-0.25, -0.2) is 0 Å². The van der Waals surface area contributed by atoms with E-state index in [9.17, 15) is 0 Å². The van der Waals surface area contributed by atoms with E-state index in [1.807, 2.05) is 7.05 Å². The predicted molar refractivity (Wildman–Crippen MR) is 79.7 cm³/mol. The van der Waals surface area contributed by atoms with Crippen molar-refractivity contribution in [2.45, 2.75) is 45.6 Å². The van der Waals surface area contributed by atoms with Crippen molar-refractivity contribution in [2.24, 2.45) is 0 Å². The molecule has 0 radical (unpaired) electrons. The molecule has 1 atom stereocenters. The van der Waals surface area contributed by atoms with E-state index in [-0.39, 0.29) is 0 Å². The zero-order valence-corrected chi connectivity index (χ0v) is 12.4. The first-order chi connectivity index (χ1) is 9.19. The number of aryl methyl sites for hydroxylation is 1. The summed E-state index contributed by atoms with van der Waals surface area (Å²) in [5, 5.41) is 11.9. The Morgan fingerprint density at radius 3 is 2.58 bits per heavy atom. The third-order valence-corrected chi connectivity index (χ3v) is 3.44. The summed E-state index contributed by atoms with van der Waals surface area (Å²) in [5.41, 5.74) is 2.48. The number of aliphatic hydroxyl groups is 1. The number of ether oxygens (including phenoxy) is 1. The van der Waals surface area contributed by atoms with Gasteiger partial charge in [0.2, 0.25) is 0 Å². The lowest BCUT2D eigenvalue weighted by atomic mass is 10.1. The van der Waals surface area contributed by atoms with E-state index in [0.717, 1.165) is 38.0 Å². The summed E-state index contributed by atoms with van der Waals surface area (Å²) in [6.07, 6.45) is 4.15. The first kappa shape index (κ1) is 16.0. The molecule has 0 aliphatic carbocycles. The number of hydrogen-bond donors (Lipinski definition) is 2. The molecule has 3 heteroatoms. The molecule has 1 rings (SSSR count). The summed E-state index contributed by atoms with van der Waals surface area (Å²) in [4.78, 5) is 0. The molecule has 1 aromatic carbocycles. The maximum absolute atomic E-state index is 8.69. The number of nitrogens with one attached hydrogen (secondary N) is 1. The van der Waals surface area contributed by atoms with Crippen molar-refractivity contribution in [2.75, 3.05) is 20.3 Å². The quantitative estimate of drug-likeness (QED) is 0.674. The zero-order chi connectivity index (χ0) is 14.1. The van der Waals surface area contributed by atoms with Crippen molar-refractivity contribution >= 4 is 0 Å². The van der Waals surface area contributed by atoms with Crippen LogP contribution >= 0.6 is 0 Å². The van der Waals surface area contributed by atoms with E-state index in [1.165, 1.54) is 11.1 Å². The Labute approximate surface area is 117 Å². The standard InChI is InChI=1S/C16H27NO2/c1-13-12-15(14(2)17-3)8-9-16(13)19-11-7-5-4-6-10-18/h8-9,12,14,17-18H,4-7,10-11H2,1-3H3. The molecule has 0 saturated heterocycles. The van der Waals surface area contributed by atoms with Crippen LogP contribution in [-0.2, 0) is 0 Å². The Hall–Kier alpha value is -1.06. The number of rotatable bonds is 9. The van der Waals surface area contributed by atoms with Gasteiger partial charge in [0.15, 0.2) is 0 Å². The van der Waals surface area contributed by atoms with Crippen LogP contribution in [0, 0.1) is 6.92 Å². The fraction of sp³-hybridized carbons (Fsp3) is 0.625. The van der Waals surface area contributed by atoms with Gasteiger partial charge in [0.25, 0.3) is 0 Å². The van der Waals surface area contributed by atoms with Gasteiger partial charge in [-0.2, -0.15) is 0 Å². The Kier molecular flexibility index (Phi) is 7.53. The lowest BCUT2D eigenvalue weighted by Gasteiger charge is -2.14. The fourth-order valence-corrected chi connectivity index (χ4v) is 2.02. The summed E-state index contributed by atoms with van der Waals surface area (Å²) >= 11 is 0. The van der Waals surface area contributed by atoms with Crippen LogP contribution in [0.5, 0.6) is 5.75 Å². The van der Waals surface area contributed by atoms with Gasteiger partial charge >= 0.3 is 0 Å². The van der Waals surface area contributed by atoms with Crippen LogP contribution in [0.15, 0.2) is 18.2 Å². The van der Waals surface area contributed by atoms with Gasteiger partial charge in [0.1, 0.15) is 5.75 Å². The Balaban J connectivity index is 2.38. The molecule has 0 saturated carbocycles. The number of benzene rings is 1. The molecule has 0 amide bonds. The summed E-state index contributed by atoms with van der Waals surface area (Å²) in [5.74, 6) is 0.981. The van der Waals surface area contributed by atoms with E-state index in [0.29, 0.717) is 12.6 Å². The highest BCUT2D eigenvalue weighted by Gasteiger charge is 2.05. The van der Waals surface area contributed by atoms with Crippen molar-refractivity contribution in [3.05, 3.63) is 29.3 Å². The second-order valence-corrected chi connectivity index (χ2v) is 5.02. The second-order valence-electron chi connectivity index (χ2n) is 5.02. The maximum atomic E-state index is 8.69. The van der Waals surface area contributed by atoms with Crippen molar-refractivity contribution in [1.82, 2.24) is 5.32 Å². The maximum Gasteiger partial charge on any atom is 0.122 e. The SMILES string of the molecule is CNC(C)c1ccc(OCCCCCCO)c(C)c1. The largest absolute Gasteiger partial charge is 0.493 e. The Morgan fingerprint density at radius 1 is 1.21 bits per heavy atom. The molecule has 0 fully saturated rings. The van der Waals surface area contributed by atoms with Gasteiger partial charge in [-0.15, -0.1) is 0 Å². The first-order valence-corrected chi connectivity index (χ1v) is 7.20. The molecule has 3 nitrogen and oxygen atoms in total. The number of aliphatic hydroxyl groups excluding tert-OH is 1. The molecule has 2 N–H and O–H groups in total. The highest BCUT2D eigenvalue weighted by molar-refractivity contribution is 5.37. The molecule has 0 aromatic heterocycles. The summed E-state index contributed by atoms with van der Waals surface area (Å²) in [6.45, 7) is 5.29. The van der Waals surface area contributed by atoms with Gasteiger partial charge in [0, 0.05) is 12.6 Å². The molecule has 0 heterocycles. The molecular formula is C16H27NO2. The fourth-order valence-electron chi connectivity index (χ4n) is 2.02. The lowest BCUT2D eigenvalue weighted by molar-refractivity contribution is 0.273. The van der Waals surface area contributed by atoms with E-state index in [2.05, 4.69) is 37.4 Å². The van der Waals surface area contributed by atoms with Gasteiger partial charge in [-0.05, 0) is 57.4 Å². The van der Waals surface area contributed by atoms with Crippen molar-refractivity contribution in [3.8, 4) is 5.75 Å². The van der Waals surface area contributed by atoms with Gasteiger partial charge in [0.05, 0.1) is 6.61 Å². The number of unbranched alkanes of at least 4 members (excludes halogenated alkanes) is 3. The molecule has 1 aromatic rings. The van der Waals surface area contributed by atoms with Gasteiger partial charge < -0.3 is 15.2 Å². The van der Waals surface area contributed by atoms with Crippen molar-refractivity contribution in [3.63, 3.8) is 0 Å². The minimum atomic E-state index is 0.297. The summed E-state index contributed by atoms with van der Waals surface area (Å²) in [6, 6.07) is 6.73. The topological polar surface area (TPSA) is 41.5 Å². The van der Waals surface area contributed by atoms with Crippen LogP contribution in [-0.4, -0.2) is 25.4 Å². The molecule has 0 aliphatic heterocycles. The van der Waals surface area contributed by atoms with Crippen LogP contribution in [0.25, 0.3) is 0 Å². The van der Waals surface area contributed by atoms with E-state index < -0.39 is 0 Å². The van der Waals surface area contributed by atoms with Crippen molar-refractivity contribution < 1.29 is 9.84 Å². The molecule has 0 spiro atoms. The molecular weight excluding hydrogens is 238 g/mol. The van der Waals surface area contributed by atoms with Crippen LogP contribution in [0.2, 0.25) is 0 Å². The van der Waals surface area contributed by atoms with E-state index >= 15 is 0 Å². The predicted octanol–water partition coefficient (Wildman–Crippen LogP) is 3.21. The van der Waals surface area contributed by atoms with Crippen LogP contribution in [0.3, 0.4) is 0 Å². The Bertz CT molecular complexity index is 366. The molecule has 1 unspecified atom stereocenters. The lowest BCUT2D eigenvalue weighted by Crippen LogP contribution is -2.12. The van der Waals surface area contributed by atoms with Crippen LogP contribution in [0.1, 0.15) is 49.8 Å². The molecule has 19 heavy (non-hydrogen) atoms.